The van der Waals surface area contributed by atoms with Gasteiger partial charge in [-0.25, -0.2) is 4.79 Å². The van der Waals surface area contributed by atoms with Gasteiger partial charge in [0, 0.05) is 5.02 Å². The van der Waals surface area contributed by atoms with Gasteiger partial charge in [0.2, 0.25) is 0 Å². The van der Waals surface area contributed by atoms with Crippen LogP contribution in [0, 0.1) is 6.92 Å². The Morgan fingerprint density at radius 2 is 1.76 bits per heavy atom. The van der Waals surface area contributed by atoms with E-state index in [9.17, 15) is 4.79 Å². The van der Waals surface area contributed by atoms with Gasteiger partial charge in [0.1, 0.15) is 11.5 Å². The Balaban J connectivity index is 2.27. The normalized spacial score (nSPS) is 11.3. The van der Waals surface area contributed by atoms with E-state index < -0.39 is 5.97 Å². The number of ether oxygens (including phenoxy) is 1. The van der Waals surface area contributed by atoms with Crippen LogP contribution in [0.3, 0.4) is 0 Å². The van der Waals surface area contributed by atoms with E-state index >= 15 is 0 Å². The van der Waals surface area contributed by atoms with Crippen molar-refractivity contribution >= 4 is 23.1 Å². The number of carbonyl (C=O) groups is 1. The number of rotatable bonds is 4. The molecule has 0 aliphatic carbocycles. The molecule has 0 saturated carbocycles. The summed E-state index contributed by atoms with van der Waals surface area (Å²) < 4.78 is 5.72. The third-order valence-corrected chi connectivity index (χ3v) is 3.31. The van der Waals surface area contributed by atoms with Crippen LogP contribution in [0.4, 0.5) is 0 Å². The lowest BCUT2D eigenvalue weighted by Crippen LogP contribution is -2.01. The molecule has 2 aromatic rings. The molecule has 0 aromatic heterocycles. The number of halogens is 1. The Kier molecular flexibility index (Phi) is 4.66. The molecule has 0 spiro atoms. The molecule has 1 N–H and O–H groups in total. The highest BCUT2D eigenvalue weighted by molar-refractivity contribution is 6.30. The Morgan fingerprint density at radius 1 is 1.14 bits per heavy atom. The van der Waals surface area contributed by atoms with Gasteiger partial charge in [-0.15, -0.1) is 0 Å². The fourth-order valence-electron chi connectivity index (χ4n) is 2.03. The quantitative estimate of drug-likeness (QED) is 0.815. The van der Waals surface area contributed by atoms with Crippen LogP contribution in [0.15, 0.2) is 48.5 Å². The molecule has 0 atom stereocenters. The fourth-order valence-corrected chi connectivity index (χ4v) is 2.16. The van der Waals surface area contributed by atoms with Crippen molar-refractivity contribution in [2.24, 2.45) is 0 Å². The second kappa shape index (κ2) is 6.46. The van der Waals surface area contributed by atoms with Gasteiger partial charge in [-0.1, -0.05) is 23.7 Å². The summed E-state index contributed by atoms with van der Waals surface area (Å²) in [5.41, 5.74) is 1.82. The van der Waals surface area contributed by atoms with Crippen LogP contribution in [0.2, 0.25) is 5.02 Å². The number of carboxylic acid groups (broad SMARTS) is 1. The topological polar surface area (TPSA) is 46.5 Å². The highest BCUT2D eigenvalue weighted by Gasteiger charge is 2.12. The van der Waals surface area contributed by atoms with Gasteiger partial charge in [0.25, 0.3) is 0 Å². The monoisotopic (exact) mass is 302 g/mol. The number of benzene rings is 2. The average molecular weight is 303 g/mol. The maximum absolute atomic E-state index is 11.2. The summed E-state index contributed by atoms with van der Waals surface area (Å²) >= 11 is 5.82. The van der Waals surface area contributed by atoms with Crippen LogP contribution in [0.5, 0.6) is 11.5 Å². The first-order valence-corrected chi connectivity index (χ1v) is 6.83. The van der Waals surface area contributed by atoms with E-state index in [4.69, 9.17) is 21.4 Å². The second-order valence-corrected chi connectivity index (χ2v) is 4.98. The van der Waals surface area contributed by atoms with Crippen molar-refractivity contribution in [3.05, 3.63) is 64.7 Å². The average Bonchev–Trinajstić information content (AvgIpc) is 2.44. The molecule has 4 heteroatoms. The Labute approximate surface area is 128 Å². The van der Waals surface area contributed by atoms with Crippen molar-refractivity contribution in [3.63, 3.8) is 0 Å². The van der Waals surface area contributed by atoms with E-state index in [0.717, 1.165) is 5.56 Å². The maximum atomic E-state index is 11.2. The predicted molar refractivity (Wildman–Crippen MR) is 84.0 cm³/mol. The number of carboxylic acids is 1. The summed E-state index contributed by atoms with van der Waals surface area (Å²) in [4.78, 5) is 11.2. The number of hydrogen-bond donors (Lipinski definition) is 1. The summed E-state index contributed by atoms with van der Waals surface area (Å²) in [6.45, 7) is 3.57. The zero-order chi connectivity index (χ0) is 15.4. The maximum Gasteiger partial charge on any atom is 0.335 e. The number of aliphatic carboxylic acids is 1. The molecule has 0 saturated heterocycles. The van der Waals surface area contributed by atoms with Crippen LogP contribution < -0.4 is 4.74 Å². The second-order valence-electron chi connectivity index (χ2n) is 4.54. The van der Waals surface area contributed by atoms with Crippen molar-refractivity contribution in [2.75, 3.05) is 0 Å². The van der Waals surface area contributed by atoms with Crippen molar-refractivity contribution in [1.82, 2.24) is 0 Å². The van der Waals surface area contributed by atoms with Crippen molar-refractivity contribution in [2.45, 2.75) is 13.8 Å². The van der Waals surface area contributed by atoms with Gasteiger partial charge in [-0.3, -0.25) is 0 Å². The number of allylic oxidation sites excluding steroid dienone is 1. The lowest BCUT2D eigenvalue weighted by atomic mass is 10.0. The van der Waals surface area contributed by atoms with Gasteiger partial charge in [0.05, 0.1) is 5.57 Å². The Hall–Kier alpha value is -2.26. The first-order valence-electron chi connectivity index (χ1n) is 6.45. The number of aryl methyl sites for hydroxylation is 1. The molecule has 108 valence electrons. The molecule has 2 rings (SSSR count). The summed E-state index contributed by atoms with van der Waals surface area (Å²) in [5, 5.41) is 9.82. The van der Waals surface area contributed by atoms with E-state index in [1.54, 1.807) is 49.4 Å². The van der Waals surface area contributed by atoms with Crippen molar-refractivity contribution in [1.29, 1.82) is 0 Å². The van der Waals surface area contributed by atoms with Crippen LogP contribution >= 0.6 is 11.6 Å². The minimum Gasteiger partial charge on any atom is -0.478 e. The molecule has 3 nitrogen and oxygen atoms in total. The third-order valence-electron chi connectivity index (χ3n) is 3.06. The number of hydrogen-bond acceptors (Lipinski definition) is 2. The van der Waals surface area contributed by atoms with Crippen molar-refractivity contribution < 1.29 is 14.6 Å². The van der Waals surface area contributed by atoms with E-state index in [-0.39, 0.29) is 5.57 Å². The van der Waals surface area contributed by atoms with Gasteiger partial charge in [-0.05, 0) is 61.4 Å². The smallest absolute Gasteiger partial charge is 0.335 e. The molecule has 0 heterocycles. The lowest BCUT2D eigenvalue weighted by molar-refractivity contribution is -0.130. The van der Waals surface area contributed by atoms with Crippen LogP contribution in [-0.2, 0) is 4.79 Å². The van der Waals surface area contributed by atoms with Gasteiger partial charge < -0.3 is 9.84 Å². The molecule has 0 fully saturated rings. The molecule has 0 bridgehead atoms. The standard InChI is InChI=1S/C17H15ClO3/c1-3-15(17(19)20)16-9-8-14(10-11(16)2)21-13-6-4-12(18)5-7-13/h3-10H,1-2H3,(H,19,20). The molecule has 0 aliphatic rings. The molecule has 21 heavy (non-hydrogen) atoms. The zero-order valence-electron chi connectivity index (χ0n) is 11.8. The Morgan fingerprint density at radius 3 is 2.29 bits per heavy atom. The SMILES string of the molecule is CC=C(C(=O)O)c1ccc(Oc2ccc(Cl)cc2)cc1C. The summed E-state index contributed by atoms with van der Waals surface area (Å²) in [6.07, 6.45) is 1.59. The van der Waals surface area contributed by atoms with Crippen molar-refractivity contribution in [3.8, 4) is 11.5 Å². The van der Waals surface area contributed by atoms with Gasteiger partial charge in [0.15, 0.2) is 0 Å². The minimum atomic E-state index is -0.938. The molecule has 0 unspecified atom stereocenters. The molecule has 0 radical (unpaired) electrons. The minimum absolute atomic E-state index is 0.283. The molecule has 2 aromatic carbocycles. The van der Waals surface area contributed by atoms with E-state index in [0.29, 0.717) is 22.1 Å². The summed E-state index contributed by atoms with van der Waals surface area (Å²) in [6, 6.07) is 12.4. The Bertz CT molecular complexity index is 688. The zero-order valence-corrected chi connectivity index (χ0v) is 12.5. The van der Waals surface area contributed by atoms with E-state index in [2.05, 4.69) is 0 Å². The predicted octanol–water partition coefficient (Wildman–Crippen LogP) is 4.93. The summed E-state index contributed by atoms with van der Waals surface area (Å²) in [7, 11) is 0. The molecular formula is C17H15ClO3. The largest absolute Gasteiger partial charge is 0.478 e. The van der Waals surface area contributed by atoms with Gasteiger partial charge in [-0.2, -0.15) is 0 Å². The highest BCUT2D eigenvalue weighted by Crippen LogP contribution is 2.27. The first kappa shape index (κ1) is 15.1. The van der Waals surface area contributed by atoms with E-state index in [1.165, 1.54) is 0 Å². The van der Waals surface area contributed by atoms with Crippen LogP contribution in [0.1, 0.15) is 18.1 Å². The van der Waals surface area contributed by atoms with Crippen LogP contribution in [-0.4, -0.2) is 11.1 Å². The summed E-state index contributed by atoms with van der Waals surface area (Å²) in [5.74, 6) is 0.391. The first-order chi connectivity index (χ1) is 10.0. The van der Waals surface area contributed by atoms with E-state index in [1.807, 2.05) is 13.0 Å². The van der Waals surface area contributed by atoms with Gasteiger partial charge >= 0.3 is 5.97 Å². The van der Waals surface area contributed by atoms with Crippen LogP contribution in [0.25, 0.3) is 5.57 Å². The molecule has 0 amide bonds. The third kappa shape index (κ3) is 3.64. The fraction of sp³-hybridized carbons (Fsp3) is 0.118. The molecule has 0 aliphatic heterocycles. The highest BCUT2D eigenvalue weighted by atomic mass is 35.5. The lowest BCUT2D eigenvalue weighted by Gasteiger charge is -2.10. The molecular weight excluding hydrogens is 288 g/mol.